The summed E-state index contributed by atoms with van der Waals surface area (Å²) in [5, 5.41) is 2.72. The smallest absolute Gasteiger partial charge is 0.253 e. The predicted octanol–water partition coefficient (Wildman–Crippen LogP) is 3.75. The minimum absolute atomic E-state index is 0.0418. The number of fused-ring (bicyclic) bond motifs is 2. The predicted molar refractivity (Wildman–Crippen MR) is 136 cm³/mol. The van der Waals surface area contributed by atoms with Gasteiger partial charge in [0.15, 0.2) is 0 Å². The number of nitrogens with two attached hydrogens (primary N) is 1. The molecule has 2 aliphatic rings. The van der Waals surface area contributed by atoms with Crippen LogP contribution in [0.25, 0.3) is 0 Å². The summed E-state index contributed by atoms with van der Waals surface area (Å²) in [6, 6.07) is 23.9. The van der Waals surface area contributed by atoms with Crippen molar-refractivity contribution in [3.05, 3.63) is 90.0 Å². The molecule has 0 bridgehead atoms. The Hall–Kier alpha value is -4.13. The monoisotopic (exact) mass is 468 g/mol. The summed E-state index contributed by atoms with van der Waals surface area (Å²) in [7, 11) is 0. The van der Waals surface area contributed by atoms with Crippen LogP contribution >= 0.6 is 0 Å². The van der Waals surface area contributed by atoms with Gasteiger partial charge in [0, 0.05) is 11.7 Å². The largest absolute Gasteiger partial charge is 0.398 e. The van der Waals surface area contributed by atoms with E-state index in [1.54, 1.807) is 29.2 Å². The first-order valence-corrected chi connectivity index (χ1v) is 11.9. The van der Waals surface area contributed by atoms with Crippen LogP contribution in [0.15, 0.2) is 78.9 Å². The minimum atomic E-state index is -0.399. The SMILES string of the molecule is Nc1ccccc1C(=O)NCC(=O)N1c2ccccc2N(Cc2ccccc2)C(=O)C2CCCC21. The zero-order chi connectivity index (χ0) is 24.4. The summed E-state index contributed by atoms with van der Waals surface area (Å²) in [6.07, 6.45) is 2.35. The summed E-state index contributed by atoms with van der Waals surface area (Å²) in [6.45, 7) is 0.254. The van der Waals surface area contributed by atoms with E-state index in [1.807, 2.05) is 59.5 Å². The first kappa shape index (κ1) is 22.7. The molecule has 5 rings (SSSR count). The third-order valence-electron chi connectivity index (χ3n) is 6.88. The summed E-state index contributed by atoms with van der Waals surface area (Å²) in [5.41, 5.74) is 9.04. The van der Waals surface area contributed by atoms with E-state index in [4.69, 9.17) is 5.73 Å². The summed E-state index contributed by atoms with van der Waals surface area (Å²) >= 11 is 0. The molecule has 1 aliphatic heterocycles. The van der Waals surface area contributed by atoms with Gasteiger partial charge < -0.3 is 20.9 Å². The van der Waals surface area contributed by atoms with Crippen LogP contribution in [-0.2, 0) is 16.1 Å². The Balaban J connectivity index is 1.46. The second-order valence-electron chi connectivity index (χ2n) is 9.04. The van der Waals surface area contributed by atoms with Crippen molar-refractivity contribution >= 4 is 34.8 Å². The van der Waals surface area contributed by atoms with Gasteiger partial charge in [-0.05, 0) is 42.7 Å². The number of hydrogen-bond donors (Lipinski definition) is 2. The maximum atomic E-state index is 13.8. The number of benzene rings is 3. The number of para-hydroxylation sites is 3. The van der Waals surface area contributed by atoms with Crippen LogP contribution in [0.3, 0.4) is 0 Å². The lowest BCUT2D eigenvalue weighted by molar-refractivity contribution is -0.123. The molecule has 2 atom stereocenters. The van der Waals surface area contributed by atoms with Crippen molar-refractivity contribution in [1.29, 1.82) is 0 Å². The van der Waals surface area contributed by atoms with E-state index in [1.165, 1.54) is 0 Å². The Bertz CT molecular complexity index is 1260. The van der Waals surface area contributed by atoms with Gasteiger partial charge in [0.05, 0.1) is 35.9 Å². The van der Waals surface area contributed by atoms with E-state index in [9.17, 15) is 14.4 Å². The Kier molecular flexibility index (Phi) is 6.23. The third-order valence-corrected chi connectivity index (χ3v) is 6.88. The summed E-state index contributed by atoms with van der Waals surface area (Å²) < 4.78 is 0. The third kappa shape index (κ3) is 4.37. The lowest BCUT2D eigenvalue weighted by atomic mass is 10.0. The Morgan fingerprint density at radius 1 is 0.886 bits per heavy atom. The zero-order valence-electron chi connectivity index (χ0n) is 19.4. The average molecular weight is 469 g/mol. The van der Waals surface area contributed by atoms with E-state index in [2.05, 4.69) is 5.32 Å². The number of nitrogen functional groups attached to an aromatic ring is 1. The molecule has 0 aromatic heterocycles. The Labute approximate surface area is 204 Å². The van der Waals surface area contributed by atoms with Gasteiger partial charge in [0.25, 0.3) is 5.91 Å². The molecular weight excluding hydrogens is 440 g/mol. The fraction of sp³-hybridized carbons (Fsp3) is 0.250. The van der Waals surface area contributed by atoms with Crippen LogP contribution in [0.5, 0.6) is 0 Å². The standard InChI is InChI=1S/C28H28N4O3/c29-22-13-5-4-11-20(22)27(34)30-17-26(33)32-23-16-8-12-21(23)28(35)31(18-19-9-2-1-3-10-19)24-14-6-7-15-25(24)32/h1-7,9-11,13-15,21,23H,8,12,16-18,29H2,(H,30,34). The van der Waals surface area contributed by atoms with Gasteiger partial charge >= 0.3 is 0 Å². The van der Waals surface area contributed by atoms with Crippen molar-refractivity contribution in [3.8, 4) is 0 Å². The van der Waals surface area contributed by atoms with E-state index in [-0.39, 0.29) is 30.3 Å². The molecule has 3 amide bonds. The van der Waals surface area contributed by atoms with Crippen LogP contribution in [0.2, 0.25) is 0 Å². The van der Waals surface area contributed by atoms with Crippen LogP contribution < -0.4 is 20.9 Å². The van der Waals surface area contributed by atoms with Gasteiger partial charge in [-0.15, -0.1) is 0 Å². The number of nitrogens with zero attached hydrogens (tertiary/aromatic N) is 2. The van der Waals surface area contributed by atoms with E-state index < -0.39 is 5.91 Å². The fourth-order valence-electron chi connectivity index (χ4n) is 5.22. The highest BCUT2D eigenvalue weighted by atomic mass is 16.2. The van der Waals surface area contributed by atoms with Gasteiger partial charge in [-0.3, -0.25) is 14.4 Å². The number of amides is 3. The number of anilines is 3. The second-order valence-corrected chi connectivity index (χ2v) is 9.04. The first-order chi connectivity index (χ1) is 17.0. The molecule has 7 nitrogen and oxygen atoms in total. The molecule has 1 saturated carbocycles. The van der Waals surface area contributed by atoms with Crippen molar-refractivity contribution in [2.75, 3.05) is 22.1 Å². The van der Waals surface area contributed by atoms with Gasteiger partial charge in [-0.25, -0.2) is 0 Å². The maximum Gasteiger partial charge on any atom is 0.253 e. The molecule has 2 unspecified atom stereocenters. The molecule has 3 aromatic carbocycles. The molecule has 0 spiro atoms. The summed E-state index contributed by atoms with van der Waals surface area (Å²) in [5.74, 6) is -0.883. The molecule has 3 aromatic rings. The maximum absolute atomic E-state index is 13.8. The number of carbonyl (C=O) groups excluding carboxylic acids is 3. The van der Waals surface area contributed by atoms with Crippen LogP contribution in [0, 0.1) is 5.92 Å². The highest BCUT2D eigenvalue weighted by Gasteiger charge is 2.45. The molecule has 1 heterocycles. The van der Waals surface area contributed by atoms with E-state index in [0.29, 0.717) is 29.2 Å². The topological polar surface area (TPSA) is 95.7 Å². The first-order valence-electron chi connectivity index (χ1n) is 11.9. The molecule has 7 heteroatoms. The quantitative estimate of drug-likeness (QED) is 0.558. The number of carbonyl (C=O) groups is 3. The zero-order valence-corrected chi connectivity index (χ0v) is 19.4. The molecule has 3 N–H and O–H groups in total. The van der Waals surface area contributed by atoms with Gasteiger partial charge in [0.2, 0.25) is 11.8 Å². The van der Waals surface area contributed by atoms with Crippen molar-refractivity contribution in [3.63, 3.8) is 0 Å². The molecule has 1 fully saturated rings. The van der Waals surface area contributed by atoms with Crippen LogP contribution in [-0.4, -0.2) is 30.3 Å². The lowest BCUT2D eigenvalue weighted by Gasteiger charge is -2.30. The number of hydrogen-bond acceptors (Lipinski definition) is 4. The molecule has 35 heavy (non-hydrogen) atoms. The Morgan fingerprint density at radius 3 is 2.34 bits per heavy atom. The van der Waals surface area contributed by atoms with E-state index in [0.717, 1.165) is 24.8 Å². The normalized spacial score (nSPS) is 19.0. The second kappa shape index (κ2) is 9.62. The molecule has 178 valence electrons. The van der Waals surface area contributed by atoms with Gasteiger partial charge in [-0.1, -0.05) is 61.0 Å². The number of rotatable bonds is 5. The van der Waals surface area contributed by atoms with Crippen molar-refractivity contribution in [2.45, 2.75) is 31.8 Å². The fourth-order valence-corrected chi connectivity index (χ4v) is 5.22. The highest BCUT2D eigenvalue weighted by Crippen LogP contribution is 2.43. The minimum Gasteiger partial charge on any atom is -0.398 e. The van der Waals surface area contributed by atoms with Crippen LogP contribution in [0.1, 0.15) is 35.2 Å². The molecule has 0 saturated heterocycles. The molecular formula is C28H28N4O3. The van der Waals surface area contributed by atoms with Crippen molar-refractivity contribution in [1.82, 2.24) is 5.32 Å². The summed E-state index contributed by atoms with van der Waals surface area (Å²) in [4.78, 5) is 43.6. The van der Waals surface area contributed by atoms with E-state index >= 15 is 0 Å². The highest BCUT2D eigenvalue weighted by molar-refractivity contribution is 6.08. The number of nitrogens with one attached hydrogen (secondary N) is 1. The van der Waals surface area contributed by atoms with Gasteiger partial charge in [0.1, 0.15) is 0 Å². The van der Waals surface area contributed by atoms with Crippen LogP contribution in [0.4, 0.5) is 17.1 Å². The molecule has 1 aliphatic carbocycles. The van der Waals surface area contributed by atoms with Crippen molar-refractivity contribution in [2.24, 2.45) is 5.92 Å². The lowest BCUT2D eigenvalue weighted by Crippen LogP contribution is -2.48. The van der Waals surface area contributed by atoms with Gasteiger partial charge in [-0.2, -0.15) is 0 Å². The average Bonchev–Trinajstić information content (AvgIpc) is 3.33. The van der Waals surface area contributed by atoms with Crippen molar-refractivity contribution < 1.29 is 14.4 Å². The Morgan fingerprint density at radius 2 is 1.57 bits per heavy atom. The molecule has 0 radical (unpaired) electrons.